The lowest BCUT2D eigenvalue weighted by Crippen LogP contribution is -2.85. The first-order valence-electron chi connectivity index (χ1n) is 15.7. The SMILES string of the molecule is C=C1C(=O)[C@]23[C@H](OC(=O)C4CCN(C(=O)c5ccc(C)cc5)CC4)[C@H]1CC[C@H]2[C@@]12CO[C@@]3(O)[C@@H](O)[C@@H]1C(C)(C)CCC2=O. The van der Waals surface area contributed by atoms with Crippen molar-refractivity contribution in [3.05, 3.63) is 47.5 Å². The molecule has 4 aliphatic carbocycles. The molecule has 1 aromatic carbocycles. The molecule has 0 aromatic heterocycles. The van der Waals surface area contributed by atoms with Gasteiger partial charge in [0.2, 0.25) is 5.79 Å². The molecule has 8 rings (SSSR count). The zero-order valence-electron chi connectivity index (χ0n) is 25.1. The first kappa shape index (κ1) is 28.9. The van der Waals surface area contributed by atoms with Crippen molar-refractivity contribution in [3.63, 3.8) is 0 Å². The lowest BCUT2D eigenvalue weighted by atomic mass is 9.36. The fourth-order valence-electron chi connectivity index (χ4n) is 10.2. The number of aryl methyl sites for hydroxylation is 1. The van der Waals surface area contributed by atoms with Gasteiger partial charge in [-0.25, -0.2) is 0 Å². The number of ether oxygens (including phenoxy) is 2. The van der Waals surface area contributed by atoms with Gasteiger partial charge in [-0.05, 0) is 68.1 Å². The van der Waals surface area contributed by atoms with Gasteiger partial charge in [0, 0.05) is 36.9 Å². The van der Waals surface area contributed by atoms with E-state index >= 15 is 0 Å². The molecule has 43 heavy (non-hydrogen) atoms. The van der Waals surface area contributed by atoms with Gasteiger partial charge in [-0.2, -0.15) is 0 Å². The highest BCUT2D eigenvalue weighted by molar-refractivity contribution is 6.06. The number of hydrogen-bond acceptors (Lipinski definition) is 8. The standard InChI is InChI=1S/C34H41NO8/c1-18-5-7-20(8-6-18)29(39)35-15-12-21(13-16-35)30(40)43-28-22-9-10-23-32-17-42-34(41,33(23,28)26(37)19(22)2)27(38)25(32)31(3,4)14-11-24(32)36/h5-8,21-23,25,27-28,38,41H,2,9-17H2,1,3-4H3/t22-,23-,25+,27-,28+,32+,33-,34-/m0/s1. The normalized spacial score (nSPS) is 41.6. The van der Waals surface area contributed by atoms with Gasteiger partial charge in [0.25, 0.3) is 5.91 Å². The van der Waals surface area contributed by atoms with E-state index in [-0.39, 0.29) is 23.9 Å². The Hall–Kier alpha value is -2.88. The highest BCUT2D eigenvalue weighted by atomic mass is 16.6. The largest absolute Gasteiger partial charge is 0.460 e. The molecule has 1 amide bonds. The summed E-state index contributed by atoms with van der Waals surface area (Å²) in [7, 11) is 0. The molecule has 3 aliphatic heterocycles. The summed E-state index contributed by atoms with van der Waals surface area (Å²) in [5, 5.41) is 24.2. The summed E-state index contributed by atoms with van der Waals surface area (Å²) >= 11 is 0. The number of nitrogens with zero attached hydrogens (tertiary/aromatic N) is 1. The number of amides is 1. The fraction of sp³-hybridized carbons (Fsp3) is 0.647. The maximum atomic E-state index is 14.3. The minimum atomic E-state index is -2.32. The van der Waals surface area contributed by atoms with E-state index in [4.69, 9.17) is 9.47 Å². The second-order valence-corrected chi connectivity index (χ2v) is 14.6. The van der Waals surface area contributed by atoms with Crippen LogP contribution < -0.4 is 0 Å². The summed E-state index contributed by atoms with van der Waals surface area (Å²) in [6.07, 6.45) is 0.0320. The average Bonchev–Trinajstić information content (AvgIpc) is 3.10. The van der Waals surface area contributed by atoms with Crippen LogP contribution in [-0.2, 0) is 23.9 Å². The molecule has 3 heterocycles. The molecular weight excluding hydrogens is 550 g/mol. The zero-order valence-corrected chi connectivity index (χ0v) is 25.1. The van der Waals surface area contributed by atoms with E-state index in [1.165, 1.54) is 0 Å². The molecule has 0 radical (unpaired) electrons. The molecule has 4 bridgehead atoms. The summed E-state index contributed by atoms with van der Waals surface area (Å²) in [6.45, 7) is 10.7. The number of Topliss-reactive ketones (excluding diaryl/α,β-unsaturated/α-hetero) is 2. The topological polar surface area (TPSA) is 130 Å². The summed E-state index contributed by atoms with van der Waals surface area (Å²) in [6, 6.07) is 7.40. The number of aliphatic hydroxyl groups excluding tert-OH is 1. The Labute approximate surface area is 251 Å². The fourth-order valence-corrected chi connectivity index (χ4v) is 10.2. The average molecular weight is 592 g/mol. The molecular formula is C34H41NO8. The number of piperidine rings is 1. The predicted octanol–water partition coefficient (Wildman–Crippen LogP) is 3.00. The monoisotopic (exact) mass is 591 g/mol. The second-order valence-electron chi connectivity index (χ2n) is 14.6. The van der Waals surface area contributed by atoms with Gasteiger partial charge < -0.3 is 24.6 Å². The molecule has 8 atom stereocenters. The molecule has 2 spiro atoms. The first-order valence-corrected chi connectivity index (χ1v) is 15.7. The van der Waals surface area contributed by atoms with E-state index < -0.39 is 69.7 Å². The lowest BCUT2D eigenvalue weighted by molar-refractivity contribution is -0.437. The van der Waals surface area contributed by atoms with E-state index in [0.717, 1.165) is 5.56 Å². The molecule has 7 fully saturated rings. The predicted molar refractivity (Wildman–Crippen MR) is 153 cm³/mol. The Bertz CT molecular complexity index is 1430. The quantitative estimate of drug-likeness (QED) is 0.405. The van der Waals surface area contributed by atoms with Crippen LogP contribution in [0.3, 0.4) is 0 Å². The molecule has 2 N–H and O–H groups in total. The van der Waals surface area contributed by atoms with Crippen LogP contribution in [0.2, 0.25) is 0 Å². The minimum absolute atomic E-state index is 0.0542. The van der Waals surface area contributed by atoms with E-state index in [2.05, 4.69) is 6.58 Å². The molecule has 0 unspecified atom stereocenters. The maximum absolute atomic E-state index is 14.3. The highest BCUT2D eigenvalue weighted by Gasteiger charge is 2.88. The number of fused-ring (bicyclic) bond motifs is 2. The Morgan fingerprint density at radius 1 is 1.07 bits per heavy atom. The van der Waals surface area contributed by atoms with E-state index in [1.807, 2.05) is 32.9 Å². The van der Waals surface area contributed by atoms with Crippen molar-refractivity contribution < 1.29 is 38.9 Å². The summed E-state index contributed by atoms with van der Waals surface area (Å²) < 4.78 is 12.3. The van der Waals surface area contributed by atoms with Gasteiger partial charge in [-0.3, -0.25) is 19.2 Å². The van der Waals surface area contributed by atoms with Crippen LogP contribution in [0.5, 0.6) is 0 Å². The van der Waals surface area contributed by atoms with Gasteiger partial charge in [0.15, 0.2) is 5.78 Å². The second kappa shape index (κ2) is 9.31. The van der Waals surface area contributed by atoms with Gasteiger partial charge in [0.1, 0.15) is 23.4 Å². The highest BCUT2D eigenvalue weighted by Crippen LogP contribution is 2.76. The van der Waals surface area contributed by atoms with Crippen molar-refractivity contribution >= 4 is 23.4 Å². The van der Waals surface area contributed by atoms with Gasteiger partial charge >= 0.3 is 5.97 Å². The lowest BCUT2D eigenvalue weighted by Gasteiger charge is -2.73. The Morgan fingerprint density at radius 2 is 1.74 bits per heavy atom. The molecule has 7 aliphatic rings. The van der Waals surface area contributed by atoms with Crippen LogP contribution in [0.1, 0.15) is 68.3 Å². The van der Waals surface area contributed by atoms with Gasteiger partial charge in [-0.15, -0.1) is 0 Å². The van der Waals surface area contributed by atoms with Crippen molar-refractivity contribution in [2.75, 3.05) is 19.7 Å². The van der Waals surface area contributed by atoms with Crippen LogP contribution in [0, 0.1) is 46.8 Å². The number of carbonyl (C=O) groups excluding carboxylic acids is 4. The third-order valence-electron chi connectivity index (χ3n) is 12.3. The summed E-state index contributed by atoms with van der Waals surface area (Å²) in [5.41, 5.74) is -1.52. The minimum Gasteiger partial charge on any atom is -0.460 e. The number of rotatable bonds is 3. The van der Waals surface area contributed by atoms with E-state index in [9.17, 15) is 29.4 Å². The summed E-state index contributed by atoms with van der Waals surface area (Å²) in [4.78, 5) is 56.7. The third kappa shape index (κ3) is 3.50. The smallest absolute Gasteiger partial charge is 0.309 e. The van der Waals surface area contributed by atoms with Crippen molar-refractivity contribution in [3.8, 4) is 0 Å². The van der Waals surface area contributed by atoms with Gasteiger partial charge in [-0.1, -0.05) is 38.1 Å². The van der Waals surface area contributed by atoms with Gasteiger partial charge in [0.05, 0.1) is 17.9 Å². The number of esters is 1. The van der Waals surface area contributed by atoms with E-state index in [1.54, 1.807) is 17.0 Å². The number of carbonyl (C=O) groups is 4. The van der Waals surface area contributed by atoms with Crippen LogP contribution in [-0.4, -0.2) is 76.2 Å². The van der Waals surface area contributed by atoms with Crippen molar-refractivity contribution in [2.24, 2.45) is 39.9 Å². The molecule has 230 valence electrons. The number of aliphatic hydroxyl groups is 2. The van der Waals surface area contributed by atoms with Crippen LogP contribution in [0.15, 0.2) is 36.4 Å². The molecule has 9 nitrogen and oxygen atoms in total. The maximum Gasteiger partial charge on any atom is 0.309 e. The molecule has 3 saturated heterocycles. The van der Waals surface area contributed by atoms with Crippen molar-refractivity contribution in [2.45, 2.75) is 77.3 Å². The number of likely N-dealkylation sites (tertiary alicyclic amines) is 1. The number of hydrogen-bond donors (Lipinski definition) is 2. The zero-order chi connectivity index (χ0) is 30.7. The molecule has 9 heteroatoms. The van der Waals surface area contributed by atoms with Crippen molar-refractivity contribution in [1.29, 1.82) is 0 Å². The number of benzene rings is 1. The Kier molecular flexibility index (Phi) is 6.25. The van der Waals surface area contributed by atoms with Crippen LogP contribution in [0.25, 0.3) is 0 Å². The van der Waals surface area contributed by atoms with Crippen LogP contribution in [0.4, 0.5) is 0 Å². The Balaban J connectivity index is 1.18. The van der Waals surface area contributed by atoms with E-state index in [0.29, 0.717) is 57.2 Å². The summed E-state index contributed by atoms with van der Waals surface area (Å²) in [5.74, 6) is -5.68. The van der Waals surface area contributed by atoms with Crippen molar-refractivity contribution in [1.82, 2.24) is 4.90 Å². The molecule has 1 aromatic rings. The number of ketones is 2. The first-order chi connectivity index (χ1) is 20.3. The Morgan fingerprint density at radius 3 is 2.42 bits per heavy atom. The molecule has 4 saturated carbocycles. The van der Waals surface area contributed by atoms with Crippen LogP contribution >= 0.6 is 0 Å². The third-order valence-corrected chi connectivity index (χ3v) is 12.3.